The van der Waals surface area contributed by atoms with Gasteiger partial charge in [-0.05, 0) is 30.2 Å². The number of pyridine rings is 1. The van der Waals surface area contributed by atoms with Crippen LogP contribution in [0.4, 0.5) is 5.69 Å². The van der Waals surface area contributed by atoms with Gasteiger partial charge in [-0.3, -0.25) is 14.6 Å². The normalized spacial score (nSPS) is 19.6. The molecule has 1 atom stereocenters. The lowest BCUT2D eigenvalue weighted by Crippen LogP contribution is -2.36. The second-order valence-corrected chi connectivity index (χ2v) is 5.36. The summed E-state index contributed by atoms with van der Waals surface area (Å²) in [5.74, 6) is -0.937. The van der Waals surface area contributed by atoms with Gasteiger partial charge in [0.2, 0.25) is 0 Å². The first kappa shape index (κ1) is 14.4. The number of nitrogens with one attached hydrogen (secondary N) is 1. The molecule has 1 aromatic carbocycles. The molecule has 5 nitrogen and oxygen atoms in total. The highest BCUT2D eigenvalue weighted by Gasteiger charge is 2.47. The Morgan fingerprint density at radius 3 is 2.82 bits per heavy atom. The molecule has 3 rings (SSSR count). The minimum atomic E-state index is -1.84. The van der Waals surface area contributed by atoms with Crippen LogP contribution in [-0.2, 0) is 16.8 Å². The maximum atomic E-state index is 12.3. The van der Waals surface area contributed by atoms with Crippen LogP contribution >= 0.6 is 0 Å². The van der Waals surface area contributed by atoms with Crippen molar-refractivity contribution in [3.63, 3.8) is 0 Å². The number of nitrogens with zero attached hydrogens (tertiary/aromatic N) is 1. The van der Waals surface area contributed by atoms with E-state index in [1.165, 1.54) is 6.20 Å². The molecule has 2 heterocycles. The quantitative estimate of drug-likeness (QED) is 0.846. The summed E-state index contributed by atoms with van der Waals surface area (Å²) in [5, 5.41) is 13.4. The number of benzene rings is 1. The van der Waals surface area contributed by atoms with Crippen molar-refractivity contribution in [2.45, 2.75) is 25.4 Å². The smallest absolute Gasteiger partial charge is 0.261 e. The summed E-state index contributed by atoms with van der Waals surface area (Å²) in [4.78, 5) is 28.5. The van der Waals surface area contributed by atoms with Crippen LogP contribution in [0, 0.1) is 0 Å². The number of aliphatic hydroxyl groups is 1. The predicted molar refractivity (Wildman–Crippen MR) is 81.5 cm³/mol. The van der Waals surface area contributed by atoms with E-state index in [9.17, 15) is 14.7 Å². The first-order valence-electron chi connectivity index (χ1n) is 7.16. The summed E-state index contributed by atoms with van der Waals surface area (Å²) < 4.78 is 0. The average Bonchev–Trinajstić information content (AvgIpc) is 2.79. The van der Waals surface area contributed by atoms with Gasteiger partial charge >= 0.3 is 0 Å². The van der Waals surface area contributed by atoms with Gasteiger partial charge in [0.1, 0.15) is 5.69 Å². The molecule has 0 fully saturated rings. The lowest BCUT2D eigenvalue weighted by atomic mass is 9.88. The van der Waals surface area contributed by atoms with Crippen molar-refractivity contribution in [1.82, 2.24) is 4.98 Å². The molecule has 1 aliphatic rings. The predicted octanol–water partition coefficient (Wildman–Crippen LogP) is 2.06. The topological polar surface area (TPSA) is 79.3 Å². The first-order valence-corrected chi connectivity index (χ1v) is 7.16. The molecule has 112 valence electrons. The van der Waals surface area contributed by atoms with Crippen LogP contribution in [0.2, 0.25) is 0 Å². The fourth-order valence-electron chi connectivity index (χ4n) is 2.64. The minimum Gasteiger partial charge on any atom is -0.375 e. The van der Waals surface area contributed by atoms with Crippen molar-refractivity contribution in [3.05, 3.63) is 59.4 Å². The van der Waals surface area contributed by atoms with Crippen molar-refractivity contribution < 1.29 is 14.7 Å². The highest BCUT2D eigenvalue weighted by molar-refractivity contribution is 6.09. The number of aromatic nitrogens is 1. The van der Waals surface area contributed by atoms with Crippen LogP contribution < -0.4 is 5.32 Å². The molecule has 0 bridgehead atoms. The number of hydrogen-bond acceptors (Lipinski definition) is 4. The van der Waals surface area contributed by atoms with Crippen molar-refractivity contribution in [1.29, 1.82) is 0 Å². The van der Waals surface area contributed by atoms with Crippen molar-refractivity contribution in [2.75, 3.05) is 5.32 Å². The zero-order chi connectivity index (χ0) is 15.7. The van der Waals surface area contributed by atoms with Crippen LogP contribution in [0.15, 0.2) is 42.6 Å². The molecule has 0 saturated heterocycles. The van der Waals surface area contributed by atoms with Crippen molar-refractivity contribution in [2.24, 2.45) is 0 Å². The van der Waals surface area contributed by atoms with E-state index >= 15 is 0 Å². The van der Waals surface area contributed by atoms with Crippen LogP contribution in [0.25, 0.3) is 0 Å². The number of carbonyl (C=O) groups is 2. The summed E-state index contributed by atoms with van der Waals surface area (Å²) in [7, 11) is 0. The second-order valence-electron chi connectivity index (χ2n) is 5.36. The Balaban J connectivity index is 1.96. The molecule has 0 unspecified atom stereocenters. The van der Waals surface area contributed by atoms with Gasteiger partial charge in [0.25, 0.3) is 5.91 Å². The monoisotopic (exact) mass is 296 g/mol. The van der Waals surface area contributed by atoms with Crippen LogP contribution in [0.5, 0.6) is 0 Å². The van der Waals surface area contributed by atoms with Gasteiger partial charge in [-0.15, -0.1) is 0 Å². The lowest BCUT2D eigenvalue weighted by molar-refractivity contribution is -0.133. The summed E-state index contributed by atoms with van der Waals surface area (Å²) in [6, 6.07) is 10.4. The van der Waals surface area contributed by atoms with E-state index in [1.54, 1.807) is 30.3 Å². The van der Waals surface area contributed by atoms with Crippen molar-refractivity contribution >= 4 is 17.4 Å². The van der Waals surface area contributed by atoms with E-state index in [4.69, 9.17) is 0 Å². The van der Waals surface area contributed by atoms with Gasteiger partial charge < -0.3 is 10.4 Å². The Kier molecular flexibility index (Phi) is 3.50. The molecule has 1 aromatic heterocycles. The number of rotatable bonds is 4. The van der Waals surface area contributed by atoms with Gasteiger partial charge in [0, 0.05) is 17.4 Å². The number of aryl methyl sites for hydroxylation is 1. The second kappa shape index (κ2) is 5.35. The number of anilines is 1. The van der Waals surface area contributed by atoms with E-state index in [1.807, 2.05) is 13.0 Å². The molecule has 1 amide bonds. The number of ketones is 1. The zero-order valence-corrected chi connectivity index (χ0v) is 12.2. The Morgan fingerprint density at radius 2 is 2.14 bits per heavy atom. The zero-order valence-electron chi connectivity index (χ0n) is 12.2. The largest absolute Gasteiger partial charge is 0.375 e. The SMILES string of the molecule is CCc1ccc2c(c1)[C@@](O)(CC(=O)c1ccccn1)C(=O)N2. The number of hydrogen-bond donors (Lipinski definition) is 2. The molecular formula is C17H16N2O3. The van der Waals surface area contributed by atoms with E-state index in [0.717, 1.165) is 12.0 Å². The average molecular weight is 296 g/mol. The van der Waals surface area contributed by atoms with Gasteiger partial charge in [-0.2, -0.15) is 0 Å². The first-order chi connectivity index (χ1) is 10.5. The fourth-order valence-corrected chi connectivity index (χ4v) is 2.64. The number of amides is 1. The van der Waals surface area contributed by atoms with Crippen molar-refractivity contribution in [3.8, 4) is 0 Å². The maximum Gasteiger partial charge on any atom is 0.261 e. The molecule has 0 spiro atoms. The highest BCUT2D eigenvalue weighted by Crippen LogP contribution is 2.39. The Hall–Kier alpha value is -2.53. The third-order valence-corrected chi connectivity index (χ3v) is 3.93. The number of Topliss-reactive ketones (excluding diaryl/α,β-unsaturated/α-hetero) is 1. The van der Waals surface area contributed by atoms with Gasteiger partial charge in [0.15, 0.2) is 11.4 Å². The molecule has 22 heavy (non-hydrogen) atoms. The number of carbonyl (C=O) groups excluding carboxylic acids is 2. The minimum absolute atomic E-state index is 0.240. The van der Waals surface area contributed by atoms with E-state index in [-0.39, 0.29) is 17.9 Å². The Morgan fingerprint density at radius 1 is 1.32 bits per heavy atom. The van der Waals surface area contributed by atoms with Gasteiger partial charge in [0.05, 0.1) is 6.42 Å². The Bertz CT molecular complexity index is 743. The van der Waals surface area contributed by atoms with E-state index in [0.29, 0.717) is 11.3 Å². The van der Waals surface area contributed by atoms with E-state index in [2.05, 4.69) is 10.3 Å². The highest BCUT2D eigenvalue weighted by atomic mass is 16.3. The summed E-state index contributed by atoms with van der Waals surface area (Å²) in [6.45, 7) is 1.99. The van der Waals surface area contributed by atoms with Crippen LogP contribution in [0.1, 0.15) is 35.0 Å². The van der Waals surface area contributed by atoms with Gasteiger partial charge in [-0.1, -0.05) is 25.1 Å². The third kappa shape index (κ3) is 2.29. The third-order valence-electron chi connectivity index (χ3n) is 3.93. The molecule has 0 saturated carbocycles. The van der Waals surface area contributed by atoms with E-state index < -0.39 is 11.5 Å². The van der Waals surface area contributed by atoms with Crippen LogP contribution in [-0.4, -0.2) is 21.8 Å². The standard InChI is InChI=1S/C17H16N2O3/c1-2-11-6-7-13-12(9-11)17(22,16(21)19-13)10-15(20)14-5-3-4-8-18-14/h3-9,22H,2,10H2,1H3,(H,19,21)/t17-/m0/s1. The summed E-state index contributed by atoms with van der Waals surface area (Å²) in [6.07, 6.45) is 1.97. The molecule has 2 aromatic rings. The number of fused-ring (bicyclic) bond motifs is 1. The molecule has 0 radical (unpaired) electrons. The molecule has 1 aliphatic heterocycles. The van der Waals surface area contributed by atoms with Gasteiger partial charge in [-0.25, -0.2) is 0 Å². The summed E-state index contributed by atoms with van der Waals surface area (Å²) in [5.41, 5.74) is 0.414. The molecular weight excluding hydrogens is 280 g/mol. The summed E-state index contributed by atoms with van der Waals surface area (Å²) >= 11 is 0. The fraction of sp³-hybridized carbons (Fsp3) is 0.235. The lowest BCUT2D eigenvalue weighted by Gasteiger charge is -2.20. The molecule has 0 aliphatic carbocycles. The maximum absolute atomic E-state index is 12.3. The molecule has 2 N–H and O–H groups in total. The Labute approximate surface area is 128 Å². The molecule has 5 heteroatoms. The van der Waals surface area contributed by atoms with Crippen LogP contribution in [0.3, 0.4) is 0 Å².